The summed E-state index contributed by atoms with van der Waals surface area (Å²) in [7, 11) is 2.75. The molecule has 0 bridgehead atoms. The quantitative estimate of drug-likeness (QED) is 0.340. The standard InChI is InChI=1S/C27H28N4O5S/c1-30(16-24(32)29-22-10-6-5-9-21(22)26(34)36-2)25(33)23-14-20(37)15-31(23)27(35)28-19-12-11-17-7-3-4-8-18(17)13-19/h3-13,20,23,37H,14-16H2,1-2H3,(H,28,35)(H,29,32)/t20-,23+/m1/s1. The van der Waals surface area contributed by atoms with Crippen LogP contribution in [0.4, 0.5) is 16.2 Å². The molecule has 4 amide bonds. The van der Waals surface area contributed by atoms with E-state index >= 15 is 0 Å². The number of benzene rings is 3. The highest BCUT2D eigenvalue weighted by Crippen LogP contribution is 2.26. The fourth-order valence-electron chi connectivity index (χ4n) is 4.35. The van der Waals surface area contributed by atoms with Crippen LogP contribution in [-0.2, 0) is 14.3 Å². The number of likely N-dealkylation sites (tertiary alicyclic amines) is 1. The monoisotopic (exact) mass is 520 g/mol. The van der Waals surface area contributed by atoms with Gasteiger partial charge >= 0.3 is 12.0 Å². The maximum absolute atomic E-state index is 13.3. The number of esters is 1. The number of fused-ring (bicyclic) bond motifs is 1. The van der Waals surface area contributed by atoms with Crippen molar-refractivity contribution >= 4 is 58.6 Å². The fraction of sp³-hybridized carbons (Fsp3) is 0.259. The summed E-state index contributed by atoms with van der Waals surface area (Å²) in [6, 6.07) is 18.7. The Morgan fingerprint density at radius 3 is 2.46 bits per heavy atom. The Balaban J connectivity index is 1.41. The van der Waals surface area contributed by atoms with Gasteiger partial charge in [0.25, 0.3) is 0 Å². The summed E-state index contributed by atoms with van der Waals surface area (Å²) in [5, 5.41) is 7.39. The molecule has 0 spiro atoms. The number of thiol groups is 1. The van der Waals surface area contributed by atoms with Crippen LogP contribution in [0.15, 0.2) is 66.7 Å². The second kappa shape index (κ2) is 11.3. The summed E-state index contributed by atoms with van der Waals surface area (Å²) < 4.78 is 4.75. The molecule has 1 aliphatic rings. The van der Waals surface area contributed by atoms with E-state index in [1.807, 2.05) is 42.5 Å². The zero-order chi connectivity index (χ0) is 26.5. The molecule has 0 radical (unpaired) electrons. The van der Waals surface area contributed by atoms with E-state index in [1.165, 1.54) is 30.0 Å². The Morgan fingerprint density at radius 1 is 1.00 bits per heavy atom. The number of nitrogens with zero attached hydrogens (tertiary/aromatic N) is 2. The summed E-state index contributed by atoms with van der Waals surface area (Å²) in [6.45, 7) is 0.0354. The first-order valence-corrected chi connectivity index (χ1v) is 12.2. The van der Waals surface area contributed by atoms with Crippen molar-refractivity contribution in [3.63, 3.8) is 0 Å². The molecule has 10 heteroatoms. The molecule has 1 aliphatic heterocycles. The van der Waals surface area contributed by atoms with Gasteiger partial charge in [-0.25, -0.2) is 9.59 Å². The first-order chi connectivity index (χ1) is 17.8. The SMILES string of the molecule is COC(=O)c1ccccc1NC(=O)CN(C)C(=O)[C@@H]1C[C@@H](S)CN1C(=O)Nc1ccc2ccccc2c1. The van der Waals surface area contributed by atoms with Gasteiger partial charge in [0.15, 0.2) is 0 Å². The minimum atomic E-state index is -0.761. The molecule has 0 aliphatic carbocycles. The summed E-state index contributed by atoms with van der Waals surface area (Å²) in [5.74, 6) is -1.44. The highest BCUT2D eigenvalue weighted by atomic mass is 32.1. The van der Waals surface area contributed by atoms with Gasteiger partial charge in [-0.2, -0.15) is 12.6 Å². The fourth-order valence-corrected chi connectivity index (χ4v) is 4.73. The smallest absolute Gasteiger partial charge is 0.339 e. The highest BCUT2D eigenvalue weighted by Gasteiger charge is 2.40. The van der Waals surface area contributed by atoms with Crippen LogP contribution < -0.4 is 10.6 Å². The molecular weight excluding hydrogens is 492 g/mol. The van der Waals surface area contributed by atoms with Crippen LogP contribution in [0.2, 0.25) is 0 Å². The normalized spacial score (nSPS) is 16.8. The number of carbonyl (C=O) groups is 4. The Morgan fingerprint density at radius 2 is 1.70 bits per heavy atom. The second-order valence-corrected chi connectivity index (χ2v) is 9.56. The van der Waals surface area contributed by atoms with Gasteiger partial charge in [0.05, 0.1) is 24.9 Å². The van der Waals surface area contributed by atoms with E-state index in [0.717, 1.165) is 10.8 Å². The number of likely N-dealkylation sites (N-methyl/N-ethyl adjacent to an activating group) is 1. The van der Waals surface area contributed by atoms with E-state index in [0.29, 0.717) is 18.7 Å². The summed E-state index contributed by atoms with van der Waals surface area (Å²) in [4.78, 5) is 53.7. The zero-order valence-electron chi connectivity index (χ0n) is 20.5. The van der Waals surface area contributed by atoms with Gasteiger partial charge in [0.2, 0.25) is 11.8 Å². The second-order valence-electron chi connectivity index (χ2n) is 8.83. The third-order valence-corrected chi connectivity index (χ3v) is 6.56. The number of hydrogen-bond acceptors (Lipinski definition) is 6. The summed E-state index contributed by atoms with van der Waals surface area (Å²) >= 11 is 4.50. The van der Waals surface area contributed by atoms with Crippen LogP contribution in [0.3, 0.4) is 0 Å². The minimum Gasteiger partial charge on any atom is -0.465 e. The van der Waals surface area contributed by atoms with Crippen LogP contribution in [0, 0.1) is 0 Å². The van der Waals surface area contributed by atoms with Crippen LogP contribution >= 0.6 is 12.6 Å². The number of para-hydroxylation sites is 1. The summed E-state index contributed by atoms with van der Waals surface area (Å²) in [6.07, 6.45) is 0.365. The van der Waals surface area contributed by atoms with Crippen molar-refractivity contribution in [2.75, 3.05) is 37.9 Å². The lowest BCUT2D eigenvalue weighted by atomic mass is 10.1. The molecule has 1 fully saturated rings. The van der Waals surface area contributed by atoms with Crippen molar-refractivity contribution in [2.45, 2.75) is 17.7 Å². The van der Waals surface area contributed by atoms with E-state index in [2.05, 4.69) is 23.3 Å². The average Bonchev–Trinajstić information content (AvgIpc) is 3.29. The lowest BCUT2D eigenvalue weighted by molar-refractivity contribution is -0.136. The van der Waals surface area contributed by atoms with Gasteiger partial charge in [-0.05, 0) is 41.5 Å². The third-order valence-electron chi connectivity index (χ3n) is 6.19. The zero-order valence-corrected chi connectivity index (χ0v) is 21.4. The molecule has 3 aromatic carbocycles. The number of nitrogens with one attached hydrogen (secondary N) is 2. The molecule has 2 N–H and O–H groups in total. The Kier molecular flexibility index (Phi) is 7.98. The van der Waals surface area contributed by atoms with E-state index in [4.69, 9.17) is 4.74 Å². The molecule has 0 saturated carbocycles. The van der Waals surface area contributed by atoms with Crippen LogP contribution in [0.1, 0.15) is 16.8 Å². The maximum Gasteiger partial charge on any atom is 0.339 e. The number of amides is 4. The first kappa shape index (κ1) is 26.0. The molecule has 3 aromatic rings. The maximum atomic E-state index is 13.3. The molecule has 0 unspecified atom stereocenters. The van der Waals surface area contributed by atoms with Crippen molar-refractivity contribution in [1.82, 2.24) is 9.80 Å². The van der Waals surface area contributed by atoms with Gasteiger partial charge in [0.1, 0.15) is 6.04 Å². The number of anilines is 2. The molecule has 9 nitrogen and oxygen atoms in total. The largest absolute Gasteiger partial charge is 0.465 e. The van der Waals surface area contributed by atoms with E-state index < -0.39 is 23.9 Å². The van der Waals surface area contributed by atoms with Gasteiger partial charge in [-0.1, -0.05) is 42.5 Å². The molecule has 2 atom stereocenters. The number of ether oxygens (including phenoxy) is 1. The summed E-state index contributed by atoms with van der Waals surface area (Å²) in [5.41, 5.74) is 1.11. The van der Waals surface area contributed by atoms with Crippen molar-refractivity contribution in [3.8, 4) is 0 Å². The molecule has 0 aromatic heterocycles. The van der Waals surface area contributed by atoms with Crippen LogP contribution in [0.5, 0.6) is 0 Å². The Bertz CT molecular complexity index is 1350. The number of urea groups is 1. The van der Waals surface area contributed by atoms with Gasteiger partial charge in [-0.3, -0.25) is 9.59 Å². The van der Waals surface area contributed by atoms with Gasteiger partial charge < -0.3 is 25.2 Å². The van der Waals surface area contributed by atoms with E-state index in [1.54, 1.807) is 18.2 Å². The van der Waals surface area contributed by atoms with Crippen molar-refractivity contribution in [2.24, 2.45) is 0 Å². The number of hydrogen-bond donors (Lipinski definition) is 3. The number of carbonyl (C=O) groups excluding carboxylic acids is 4. The number of rotatable bonds is 6. The van der Waals surface area contributed by atoms with E-state index in [-0.39, 0.29) is 29.0 Å². The van der Waals surface area contributed by atoms with Crippen LogP contribution in [-0.4, -0.2) is 72.2 Å². The lowest BCUT2D eigenvalue weighted by Crippen LogP contribution is -2.49. The third kappa shape index (κ3) is 6.03. The van der Waals surface area contributed by atoms with Crippen molar-refractivity contribution in [1.29, 1.82) is 0 Å². The molecule has 37 heavy (non-hydrogen) atoms. The first-order valence-electron chi connectivity index (χ1n) is 11.7. The topological polar surface area (TPSA) is 108 Å². The molecule has 1 heterocycles. The van der Waals surface area contributed by atoms with Crippen molar-refractivity contribution in [3.05, 3.63) is 72.3 Å². The van der Waals surface area contributed by atoms with Gasteiger partial charge in [0, 0.05) is 24.5 Å². The highest BCUT2D eigenvalue weighted by molar-refractivity contribution is 7.81. The predicted octanol–water partition coefficient (Wildman–Crippen LogP) is 3.63. The molecule has 1 saturated heterocycles. The lowest BCUT2D eigenvalue weighted by Gasteiger charge is -2.28. The predicted molar refractivity (Wildman–Crippen MR) is 145 cm³/mol. The Labute approximate surface area is 220 Å². The molecule has 4 rings (SSSR count). The molecular formula is C27H28N4O5S. The van der Waals surface area contributed by atoms with Gasteiger partial charge in [-0.15, -0.1) is 0 Å². The Hall–Kier alpha value is -4.05. The van der Waals surface area contributed by atoms with Crippen LogP contribution in [0.25, 0.3) is 10.8 Å². The molecule has 192 valence electrons. The minimum absolute atomic E-state index is 0.175. The average molecular weight is 521 g/mol. The number of methoxy groups -OCH3 is 1. The van der Waals surface area contributed by atoms with Crippen molar-refractivity contribution < 1.29 is 23.9 Å². The van der Waals surface area contributed by atoms with E-state index in [9.17, 15) is 19.2 Å².